The molecule has 34 heavy (non-hydrogen) atoms. The number of rotatable bonds is 6. The number of carbonyl (C=O) groups excluding carboxylic acids is 1. The summed E-state index contributed by atoms with van der Waals surface area (Å²) in [5.41, 5.74) is 2.01. The van der Waals surface area contributed by atoms with Crippen molar-refractivity contribution in [2.45, 2.75) is 6.54 Å². The Morgan fingerprint density at radius 1 is 1.12 bits per heavy atom. The van der Waals surface area contributed by atoms with E-state index in [0.717, 1.165) is 10.7 Å². The lowest BCUT2D eigenvalue weighted by molar-refractivity contribution is 0.0995. The van der Waals surface area contributed by atoms with E-state index in [-0.39, 0.29) is 23.7 Å². The summed E-state index contributed by atoms with van der Waals surface area (Å²) in [4.78, 5) is 15.3. The summed E-state index contributed by atoms with van der Waals surface area (Å²) >= 11 is 9.55. The summed E-state index contributed by atoms with van der Waals surface area (Å²) in [6.07, 6.45) is 1.10. The Hall–Kier alpha value is -3.21. The van der Waals surface area contributed by atoms with Gasteiger partial charge in [0.05, 0.1) is 24.0 Å². The van der Waals surface area contributed by atoms with Crippen LogP contribution in [0.15, 0.2) is 81.4 Å². The van der Waals surface area contributed by atoms with Gasteiger partial charge in [-0.3, -0.25) is 9.10 Å². The second-order valence-electron chi connectivity index (χ2n) is 7.43. The molecule has 0 unspecified atom stereocenters. The van der Waals surface area contributed by atoms with Gasteiger partial charge in [-0.1, -0.05) is 45.7 Å². The predicted molar refractivity (Wildman–Crippen MR) is 135 cm³/mol. The number of aromatic amines is 1. The smallest absolute Gasteiger partial charge is 0.295 e. The molecule has 0 saturated heterocycles. The maximum absolute atomic E-state index is 12.6. The molecule has 0 radical (unpaired) electrons. The highest BCUT2D eigenvalue weighted by atomic mass is 79.9. The van der Waals surface area contributed by atoms with Gasteiger partial charge in [-0.2, -0.15) is 0 Å². The molecule has 174 valence electrons. The molecular weight excluding hydrogens is 544 g/mol. The average molecular weight is 562 g/mol. The van der Waals surface area contributed by atoms with E-state index in [1.54, 1.807) is 42.5 Å². The third-order valence-corrected chi connectivity index (χ3v) is 7.03. The molecule has 0 spiro atoms. The number of anilines is 1. The van der Waals surface area contributed by atoms with Gasteiger partial charge in [-0.25, -0.2) is 8.42 Å². The highest BCUT2D eigenvalue weighted by Gasteiger charge is 2.20. The molecular formula is C23H18BrClN4O4S. The number of fused-ring (bicyclic) bond motifs is 1. The van der Waals surface area contributed by atoms with Crippen LogP contribution in [0.5, 0.6) is 5.88 Å². The van der Waals surface area contributed by atoms with Gasteiger partial charge in [-0.15, -0.1) is 10.2 Å². The Balaban J connectivity index is 1.58. The first kappa shape index (κ1) is 23.9. The third kappa shape index (κ3) is 5.14. The second-order valence-corrected chi connectivity index (χ2v) is 10.7. The number of nitrogens with zero attached hydrogens (tertiary/aromatic N) is 3. The Bertz CT molecular complexity index is 1520. The number of H-pyrrole nitrogens is 1. The molecule has 2 N–H and O–H groups in total. The number of carbonyl (C=O) groups is 1. The minimum atomic E-state index is -3.62. The van der Waals surface area contributed by atoms with Crippen LogP contribution in [0.25, 0.3) is 10.9 Å². The van der Waals surface area contributed by atoms with Crippen LogP contribution in [0.2, 0.25) is 5.02 Å². The van der Waals surface area contributed by atoms with Crippen LogP contribution in [0.1, 0.15) is 15.9 Å². The molecule has 1 heterocycles. The van der Waals surface area contributed by atoms with E-state index in [9.17, 15) is 18.3 Å². The molecule has 11 heteroatoms. The van der Waals surface area contributed by atoms with Gasteiger partial charge in [0.2, 0.25) is 15.9 Å². The molecule has 1 amide bonds. The quantitative estimate of drug-likeness (QED) is 0.274. The number of aromatic nitrogens is 1. The summed E-state index contributed by atoms with van der Waals surface area (Å²) < 4.78 is 26.8. The van der Waals surface area contributed by atoms with Crippen molar-refractivity contribution in [3.05, 3.63) is 87.4 Å². The number of benzene rings is 3. The normalized spacial score (nSPS) is 11.9. The first-order chi connectivity index (χ1) is 16.1. The average Bonchev–Trinajstić information content (AvgIpc) is 3.10. The van der Waals surface area contributed by atoms with Crippen molar-refractivity contribution >= 4 is 65.7 Å². The topological polar surface area (TPSA) is 115 Å². The molecule has 0 aliphatic heterocycles. The zero-order valence-corrected chi connectivity index (χ0v) is 20.9. The molecule has 0 fully saturated rings. The fourth-order valence-corrected chi connectivity index (χ4v) is 4.78. The lowest BCUT2D eigenvalue weighted by Gasteiger charge is -2.23. The van der Waals surface area contributed by atoms with Crippen molar-refractivity contribution in [1.29, 1.82) is 0 Å². The van der Waals surface area contributed by atoms with Gasteiger partial charge in [0.25, 0.3) is 5.91 Å². The fraction of sp³-hybridized carbons (Fsp3) is 0.0870. The summed E-state index contributed by atoms with van der Waals surface area (Å²) in [5, 5.41) is 18.8. The number of hydrogen-bond donors (Lipinski definition) is 2. The van der Waals surface area contributed by atoms with E-state index in [4.69, 9.17) is 11.6 Å². The van der Waals surface area contributed by atoms with Gasteiger partial charge < -0.3 is 10.1 Å². The summed E-state index contributed by atoms with van der Waals surface area (Å²) in [6.45, 7) is 0.0426. The van der Waals surface area contributed by atoms with E-state index < -0.39 is 15.9 Å². The van der Waals surface area contributed by atoms with Crippen LogP contribution in [0.4, 0.5) is 11.4 Å². The fourth-order valence-electron chi connectivity index (χ4n) is 3.34. The SMILES string of the molecule is CS(=O)(=O)N(Cc1ccccc1Cl)c1ccc(C(=O)N=Nc2c(O)[nH]c3ccc(Br)cc23)cc1. The number of azo groups is 1. The summed E-state index contributed by atoms with van der Waals surface area (Å²) in [6, 6.07) is 18.2. The van der Waals surface area contributed by atoms with Crippen molar-refractivity contribution in [2.75, 3.05) is 10.6 Å². The lowest BCUT2D eigenvalue weighted by atomic mass is 10.2. The van der Waals surface area contributed by atoms with E-state index in [0.29, 0.717) is 27.2 Å². The van der Waals surface area contributed by atoms with Crippen LogP contribution >= 0.6 is 27.5 Å². The monoisotopic (exact) mass is 560 g/mol. The van der Waals surface area contributed by atoms with Crippen LogP contribution in [0.3, 0.4) is 0 Å². The van der Waals surface area contributed by atoms with Gasteiger partial charge in [-0.05, 0) is 54.1 Å². The minimum Gasteiger partial charge on any atom is -0.493 e. The second kappa shape index (κ2) is 9.57. The summed E-state index contributed by atoms with van der Waals surface area (Å²) in [5.74, 6) is -0.851. The molecule has 0 atom stereocenters. The van der Waals surface area contributed by atoms with Crippen molar-refractivity contribution in [3.63, 3.8) is 0 Å². The standard InChI is InChI=1S/C23H18BrClN4O4S/c1-34(32,33)29(13-15-4-2-3-5-19(15)25)17-9-6-14(7-10-17)22(30)28-27-21-18-12-16(24)8-11-20(18)26-23(21)31/h2-12,26,31H,13H2,1H3. The van der Waals surface area contributed by atoms with Crippen molar-refractivity contribution in [3.8, 4) is 5.88 Å². The minimum absolute atomic E-state index is 0.0426. The third-order valence-electron chi connectivity index (χ3n) is 5.03. The van der Waals surface area contributed by atoms with Crippen LogP contribution in [-0.2, 0) is 16.6 Å². The van der Waals surface area contributed by atoms with E-state index in [1.165, 1.54) is 28.6 Å². The largest absolute Gasteiger partial charge is 0.493 e. The molecule has 3 aromatic carbocycles. The molecule has 0 aliphatic carbocycles. The molecule has 0 aliphatic rings. The number of aromatic hydroxyl groups is 1. The predicted octanol–water partition coefficient (Wildman–Crippen LogP) is 6.18. The van der Waals surface area contributed by atoms with E-state index in [2.05, 4.69) is 31.1 Å². The highest BCUT2D eigenvalue weighted by Crippen LogP contribution is 2.37. The number of nitrogens with one attached hydrogen (secondary N) is 1. The molecule has 1 aromatic heterocycles. The maximum atomic E-state index is 12.6. The lowest BCUT2D eigenvalue weighted by Crippen LogP contribution is -2.29. The number of halogens is 2. The van der Waals surface area contributed by atoms with Crippen molar-refractivity contribution in [1.82, 2.24) is 4.98 Å². The van der Waals surface area contributed by atoms with Crippen molar-refractivity contribution < 1.29 is 18.3 Å². The maximum Gasteiger partial charge on any atom is 0.295 e. The molecule has 0 saturated carbocycles. The molecule has 8 nitrogen and oxygen atoms in total. The first-order valence-corrected chi connectivity index (χ1v) is 12.9. The van der Waals surface area contributed by atoms with E-state index in [1.807, 2.05) is 0 Å². The number of hydrogen-bond acceptors (Lipinski definition) is 5. The summed E-state index contributed by atoms with van der Waals surface area (Å²) in [7, 11) is -3.62. The number of sulfonamides is 1. The number of amides is 1. The van der Waals surface area contributed by atoms with Gasteiger partial charge in [0.1, 0.15) is 0 Å². The zero-order valence-electron chi connectivity index (χ0n) is 17.7. The van der Waals surface area contributed by atoms with Crippen LogP contribution < -0.4 is 4.31 Å². The Kier molecular flexibility index (Phi) is 6.74. The molecule has 4 aromatic rings. The van der Waals surface area contributed by atoms with Crippen LogP contribution in [0, 0.1) is 0 Å². The molecule has 4 rings (SSSR count). The Labute approximate surface area is 209 Å². The van der Waals surface area contributed by atoms with Crippen molar-refractivity contribution in [2.24, 2.45) is 10.2 Å². The van der Waals surface area contributed by atoms with Gasteiger partial charge in [0.15, 0.2) is 5.69 Å². The van der Waals surface area contributed by atoms with Gasteiger partial charge in [0, 0.05) is 20.4 Å². The van der Waals surface area contributed by atoms with Gasteiger partial charge >= 0.3 is 0 Å². The zero-order chi connectivity index (χ0) is 24.5. The highest BCUT2D eigenvalue weighted by molar-refractivity contribution is 9.10. The van der Waals surface area contributed by atoms with Crippen LogP contribution in [-0.4, -0.2) is 30.7 Å². The Morgan fingerprint density at radius 3 is 2.50 bits per heavy atom. The Morgan fingerprint density at radius 2 is 1.82 bits per heavy atom. The van der Waals surface area contributed by atoms with E-state index >= 15 is 0 Å². The molecule has 0 bridgehead atoms. The first-order valence-electron chi connectivity index (χ1n) is 9.91.